The summed E-state index contributed by atoms with van der Waals surface area (Å²) in [7, 11) is 2.69. The first kappa shape index (κ1) is 23.7. The third-order valence-electron chi connectivity index (χ3n) is 4.40. The number of methoxy groups -OCH3 is 2. The summed E-state index contributed by atoms with van der Waals surface area (Å²) < 4.78 is 20.7. The number of nitro benzene ring substituents is 1. The number of carbonyl (C=O) groups excluding carboxylic acids is 2. The Morgan fingerprint density at radius 1 is 1.06 bits per heavy atom. The Morgan fingerprint density at radius 3 is 2.42 bits per heavy atom. The monoisotopic (exact) mass is 472 g/mol. The van der Waals surface area contributed by atoms with Crippen LogP contribution in [0.25, 0.3) is 10.6 Å². The molecule has 0 atom stereocenters. The van der Waals surface area contributed by atoms with Gasteiger partial charge >= 0.3 is 11.9 Å². The molecule has 1 aromatic heterocycles. The lowest BCUT2D eigenvalue weighted by atomic mass is 10.1. The van der Waals surface area contributed by atoms with Crippen molar-refractivity contribution < 1.29 is 33.5 Å². The Labute approximate surface area is 192 Å². The van der Waals surface area contributed by atoms with Gasteiger partial charge in [0.05, 0.1) is 42.6 Å². The Kier molecular flexibility index (Phi) is 7.57. The highest BCUT2D eigenvalue weighted by atomic mass is 32.1. The minimum atomic E-state index is -0.832. The molecule has 3 aromatic rings. The van der Waals surface area contributed by atoms with Crippen molar-refractivity contribution in [1.82, 2.24) is 4.98 Å². The molecule has 0 saturated carbocycles. The Hall–Kier alpha value is -3.99. The van der Waals surface area contributed by atoms with Crippen molar-refractivity contribution in [3.63, 3.8) is 0 Å². The highest BCUT2D eigenvalue weighted by Crippen LogP contribution is 2.34. The molecule has 11 heteroatoms. The molecule has 10 nitrogen and oxygen atoms in total. The second-order valence-corrected chi connectivity index (χ2v) is 7.39. The van der Waals surface area contributed by atoms with Crippen LogP contribution in [0.5, 0.6) is 11.5 Å². The van der Waals surface area contributed by atoms with Crippen LogP contribution in [-0.2, 0) is 16.1 Å². The van der Waals surface area contributed by atoms with Gasteiger partial charge < -0.3 is 18.9 Å². The van der Waals surface area contributed by atoms with Gasteiger partial charge in [0.15, 0.2) is 11.5 Å². The zero-order chi connectivity index (χ0) is 24.0. The number of esters is 2. The quantitative estimate of drug-likeness (QED) is 0.255. The van der Waals surface area contributed by atoms with Gasteiger partial charge in [-0.3, -0.25) is 10.1 Å². The Morgan fingerprint density at radius 2 is 1.79 bits per heavy atom. The average molecular weight is 472 g/mol. The summed E-state index contributed by atoms with van der Waals surface area (Å²) in [5.74, 6) is -0.439. The van der Waals surface area contributed by atoms with E-state index in [1.807, 2.05) is 13.0 Å². The summed E-state index contributed by atoms with van der Waals surface area (Å²) in [5.41, 5.74) is 0.606. The van der Waals surface area contributed by atoms with Crippen molar-refractivity contribution in [1.29, 1.82) is 0 Å². The average Bonchev–Trinajstić information content (AvgIpc) is 3.31. The molecule has 0 fully saturated rings. The molecular weight excluding hydrogens is 452 g/mol. The smallest absolute Gasteiger partial charge is 0.338 e. The minimum Gasteiger partial charge on any atom is -0.493 e. The van der Waals surface area contributed by atoms with Gasteiger partial charge in [0.2, 0.25) is 0 Å². The fourth-order valence-corrected chi connectivity index (χ4v) is 3.68. The van der Waals surface area contributed by atoms with E-state index in [0.717, 1.165) is 24.8 Å². The van der Waals surface area contributed by atoms with E-state index in [9.17, 15) is 19.7 Å². The van der Waals surface area contributed by atoms with Crippen LogP contribution in [0.2, 0.25) is 0 Å². The second-order valence-electron chi connectivity index (χ2n) is 6.54. The van der Waals surface area contributed by atoms with Gasteiger partial charge in [-0.2, -0.15) is 0 Å². The normalized spacial score (nSPS) is 10.4. The Balaban J connectivity index is 1.74. The first-order chi connectivity index (χ1) is 15.9. The molecule has 172 valence electrons. The maximum absolute atomic E-state index is 12.5. The number of nitro groups is 1. The number of non-ortho nitro benzene ring substituents is 1. The van der Waals surface area contributed by atoms with Crippen molar-refractivity contribution in [3.8, 4) is 22.1 Å². The first-order valence-corrected chi connectivity index (χ1v) is 10.5. The van der Waals surface area contributed by atoms with Gasteiger partial charge in [-0.15, -0.1) is 11.3 Å². The van der Waals surface area contributed by atoms with Gasteiger partial charge in [-0.25, -0.2) is 14.6 Å². The van der Waals surface area contributed by atoms with Crippen molar-refractivity contribution in [2.45, 2.75) is 13.5 Å². The number of benzene rings is 2. The predicted molar refractivity (Wildman–Crippen MR) is 119 cm³/mol. The molecule has 3 rings (SSSR count). The minimum absolute atomic E-state index is 0.126. The number of carbonyl (C=O) groups is 2. The maximum atomic E-state index is 12.5. The van der Waals surface area contributed by atoms with Crippen LogP contribution < -0.4 is 9.47 Å². The molecule has 0 unspecified atom stereocenters. The molecule has 0 bridgehead atoms. The maximum Gasteiger partial charge on any atom is 0.338 e. The molecule has 0 aliphatic heterocycles. The number of aromatic nitrogens is 1. The van der Waals surface area contributed by atoms with E-state index in [1.54, 1.807) is 24.6 Å². The van der Waals surface area contributed by atoms with Gasteiger partial charge in [0.25, 0.3) is 5.69 Å². The van der Waals surface area contributed by atoms with E-state index in [0.29, 0.717) is 28.8 Å². The van der Waals surface area contributed by atoms with E-state index in [1.165, 1.54) is 17.4 Å². The molecule has 0 amide bonds. The number of thiazole rings is 1. The van der Waals surface area contributed by atoms with E-state index in [4.69, 9.17) is 14.2 Å². The van der Waals surface area contributed by atoms with Crippen molar-refractivity contribution in [3.05, 3.63) is 68.7 Å². The lowest BCUT2D eigenvalue weighted by molar-refractivity contribution is -0.384. The summed E-state index contributed by atoms with van der Waals surface area (Å²) in [4.78, 5) is 39.1. The highest BCUT2D eigenvalue weighted by Gasteiger charge is 2.20. The van der Waals surface area contributed by atoms with Gasteiger partial charge in [-0.1, -0.05) is 0 Å². The lowest BCUT2D eigenvalue weighted by Gasteiger charge is -2.10. The third-order valence-corrected chi connectivity index (χ3v) is 5.34. The predicted octanol–water partition coefficient (Wildman–Crippen LogP) is 4.27. The van der Waals surface area contributed by atoms with Gasteiger partial charge in [0.1, 0.15) is 11.6 Å². The fourth-order valence-electron chi connectivity index (χ4n) is 2.87. The topological polar surface area (TPSA) is 127 Å². The zero-order valence-corrected chi connectivity index (χ0v) is 18.8. The summed E-state index contributed by atoms with van der Waals surface area (Å²) in [5, 5.41) is 13.6. The van der Waals surface area contributed by atoms with Crippen molar-refractivity contribution in [2.24, 2.45) is 0 Å². The van der Waals surface area contributed by atoms with Crippen LogP contribution in [0.1, 0.15) is 33.3 Å². The van der Waals surface area contributed by atoms with Gasteiger partial charge in [0, 0.05) is 23.1 Å². The summed E-state index contributed by atoms with van der Waals surface area (Å²) >= 11 is 1.35. The van der Waals surface area contributed by atoms with E-state index in [-0.39, 0.29) is 17.7 Å². The van der Waals surface area contributed by atoms with E-state index >= 15 is 0 Å². The molecule has 0 aliphatic rings. The number of ether oxygens (including phenoxy) is 4. The first-order valence-electron chi connectivity index (χ1n) is 9.66. The van der Waals surface area contributed by atoms with Crippen molar-refractivity contribution >= 4 is 29.0 Å². The van der Waals surface area contributed by atoms with Crippen LogP contribution in [0.15, 0.2) is 41.8 Å². The standard InChI is InChI=1S/C22H20N2O8S/c1-4-31-18-6-5-13(10-19(18)29-2)20-23-16(12-33-20)11-32-22(26)15-7-14(21(25)30-3)8-17(9-15)24(27)28/h5-10,12H,4,11H2,1-3H3. The lowest BCUT2D eigenvalue weighted by Crippen LogP contribution is -2.09. The summed E-state index contributed by atoms with van der Waals surface area (Å²) in [6.07, 6.45) is 0. The summed E-state index contributed by atoms with van der Waals surface area (Å²) in [6.45, 7) is 2.24. The molecule has 2 aromatic carbocycles. The number of nitrogens with zero attached hydrogens (tertiary/aromatic N) is 2. The molecular formula is C22H20N2O8S. The van der Waals surface area contributed by atoms with E-state index in [2.05, 4.69) is 9.72 Å². The second kappa shape index (κ2) is 10.6. The van der Waals surface area contributed by atoms with Crippen LogP contribution >= 0.6 is 11.3 Å². The largest absolute Gasteiger partial charge is 0.493 e. The van der Waals surface area contributed by atoms with Crippen LogP contribution in [0, 0.1) is 10.1 Å². The molecule has 0 spiro atoms. The van der Waals surface area contributed by atoms with Gasteiger partial charge in [-0.05, 0) is 31.2 Å². The van der Waals surface area contributed by atoms with Crippen LogP contribution in [-0.4, -0.2) is 42.7 Å². The highest BCUT2D eigenvalue weighted by molar-refractivity contribution is 7.13. The number of hydrogen-bond acceptors (Lipinski definition) is 10. The molecule has 0 N–H and O–H groups in total. The summed E-state index contributed by atoms with van der Waals surface area (Å²) in [6, 6.07) is 8.68. The number of rotatable bonds is 9. The fraction of sp³-hybridized carbons (Fsp3) is 0.227. The Bertz CT molecular complexity index is 1190. The van der Waals surface area contributed by atoms with Crippen LogP contribution in [0.3, 0.4) is 0 Å². The SMILES string of the molecule is CCOc1ccc(-c2nc(COC(=O)c3cc(C(=O)OC)cc([N+](=O)[O-])c3)cs2)cc1OC. The zero-order valence-electron chi connectivity index (χ0n) is 18.0. The van der Waals surface area contributed by atoms with E-state index < -0.39 is 22.5 Å². The van der Waals surface area contributed by atoms with Crippen LogP contribution in [0.4, 0.5) is 5.69 Å². The molecule has 1 heterocycles. The molecule has 33 heavy (non-hydrogen) atoms. The molecule has 0 saturated heterocycles. The van der Waals surface area contributed by atoms with Crippen molar-refractivity contribution in [2.75, 3.05) is 20.8 Å². The number of hydrogen-bond donors (Lipinski definition) is 0. The molecule has 0 radical (unpaired) electrons. The molecule has 0 aliphatic carbocycles. The third kappa shape index (κ3) is 5.63.